The van der Waals surface area contributed by atoms with Crippen LogP contribution in [0.15, 0.2) is 48.8 Å². The maximum Gasteiger partial charge on any atom is 0.291 e. The SMILES string of the molecule is COc1cccc(C(=O)C2C(=O)C(=O)N(CC[NH+](C)C)C2c2ccncc2)c1. The van der Waals surface area contributed by atoms with Gasteiger partial charge in [0, 0.05) is 18.0 Å². The minimum Gasteiger partial charge on any atom is -0.497 e. The van der Waals surface area contributed by atoms with Crippen LogP contribution in [-0.2, 0) is 9.59 Å². The lowest BCUT2D eigenvalue weighted by atomic mass is 9.86. The predicted octanol–water partition coefficient (Wildman–Crippen LogP) is 0.186. The van der Waals surface area contributed by atoms with Crippen LogP contribution < -0.4 is 9.64 Å². The molecule has 7 nitrogen and oxygen atoms in total. The van der Waals surface area contributed by atoms with Crippen molar-refractivity contribution >= 4 is 17.5 Å². The quantitative estimate of drug-likeness (QED) is 0.420. The van der Waals surface area contributed by atoms with Crippen LogP contribution in [0.1, 0.15) is 22.0 Å². The summed E-state index contributed by atoms with van der Waals surface area (Å²) in [4.78, 5) is 45.5. The Morgan fingerprint density at radius 1 is 1.18 bits per heavy atom. The van der Waals surface area contributed by atoms with Crippen molar-refractivity contribution in [1.82, 2.24) is 9.88 Å². The topological polar surface area (TPSA) is 81.0 Å². The van der Waals surface area contributed by atoms with Crippen LogP contribution in [0.5, 0.6) is 5.75 Å². The Morgan fingerprint density at radius 2 is 1.89 bits per heavy atom. The molecule has 0 aliphatic carbocycles. The molecule has 1 aromatic carbocycles. The molecule has 0 radical (unpaired) electrons. The molecule has 0 bridgehead atoms. The van der Waals surface area contributed by atoms with E-state index in [1.807, 2.05) is 14.1 Å². The van der Waals surface area contributed by atoms with Crippen molar-refractivity contribution in [2.45, 2.75) is 6.04 Å². The first-order valence-electron chi connectivity index (χ1n) is 9.16. The smallest absolute Gasteiger partial charge is 0.291 e. The van der Waals surface area contributed by atoms with Crippen LogP contribution >= 0.6 is 0 Å². The number of benzene rings is 1. The molecule has 28 heavy (non-hydrogen) atoms. The van der Waals surface area contributed by atoms with Gasteiger partial charge in [0.15, 0.2) is 5.78 Å². The van der Waals surface area contributed by atoms with Gasteiger partial charge in [0.05, 0.1) is 40.3 Å². The molecule has 2 atom stereocenters. The molecule has 1 N–H and O–H groups in total. The number of nitrogens with zero attached hydrogens (tertiary/aromatic N) is 2. The average Bonchev–Trinajstić information content (AvgIpc) is 2.97. The summed E-state index contributed by atoms with van der Waals surface area (Å²) in [5, 5.41) is 0. The van der Waals surface area contributed by atoms with Crippen LogP contribution in [-0.4, -0.2) is 61.7 Å². The standard InChI is InChI=1S/C21H23N3O4/c1-23(2)11-12-24-18(14-7-9-22-10-8-14)17(20(26)21(24)27)19(25)15-5-4-6-16(13-15)28-3/h4-10,13,17-18H,11-12H2,1-3H3/p+1. The van der Waals surface area contributed by atoms with Gasteiger partial charge in [0.2, 0.25) is 5.78 Å². The highest BCUT2D eigenvalue weighted by molar-refractivity contribution is 6.44. The lowest BCUT2D eigenvalue weighted by molar-refractivity contribution is -0.857. The maximum atomic E-state index is 13.3. The first-order valence-corrected chi connectivity index (χ1v) is 9.16. The highest BCUT2D eigenvalue weighted by atomic mass is 16.5. The lowest BCUT2D eigenvalue weighted by Crippen LogP contribution is -3.06. The predicted molar refractivity (Wildman–Crippen MR) is 102 cm³/mol. The fraction of sp³-hybridized carbons (Fsp3) is 0.333. The minimum absolute atomic E-state index is 0.352. The summed E-state index contributed by atoms with van der Waals surface area (Å²) >= 11 is 0. The highest BCUT2D eigenvalue weighted by Crippen LogP contribution is 2.37. The molecule has 0 spiro atoms. The average molecular weight is 382 g/mol. The Bertz CT molecular complexity index is 882. The zero-order valence-electron chi connectivity index (χ0n) is 16.2. The third-order valence-electron chi connectivity index (χ3n) is 4.94. The number of pyridine rings is 1. The highest BCUT2D eigenvalue weighted by Gasteiger charge is 2.51. The maximum absolute atomic E-state index is 13.3. The van der Waals surface area contributed by atoms with Gasteiger partial charge in [-0.1, -0.05) is 12.1 Å². The van der Waals surface area contributed by atoms with E-state index in [4.69, 9.17) is 4.74 Å². The number of likely N-dealkylation sites (N-methyl/N-ethyl adjacent to an activating group) is 1. The Balaban J connectivity index is 2.02. The van der Waals surface area contributed by atoms with Gasteiger partial charge >= 0.3 is 0 Å². The van der Waals surface area contributed by atoms with Crippen molar-refractivity contribution in [3.63, 3.8) is 0 Å². The van der Waals surface area contributed by atoms with E-state index in [2.05, 4.69) is 4.98 Å². The van der Waals surface area contributed by atoms with Crippen LogP contribution in [0.4, 0.5) is 0 Å². The fourth-order valence-corrected chi connectivity index (χ4v) is 3.46. The van der Waals surface area contributed by atoms with Crippen LogP contribution in [0.2, 0.25) is 0 Å². The molecule has 1 amide bonds. The summed E-state index contributed by atoms with van der Waals surface area (Å²) in [7, 11) is 5.46. The number of amides is 1. The first-order chi connectivity index (χ1) is 13.4. The molecule has 1 fully saturated rings. The molecule has 1 aliphatic rings. The van der Waals surface area contributed by atoms with E-state index in [-0.39, 0.29) is 5.78 Å². The first kappa shape index (κ1) is 19.7. The molecule has 0 saturated carbocycles. The Labute approximate surface area is 163 Å². The number of ether oxygens (including phenoxy) is 1. The third-order valence-corrected chi connectivity index (χ3v) is 4.94. The fourth-order valence-electron chi connectivity index (χ4n) is 3.46. The molecule has 2 heterocycles. The second-order valence-corrected chi connectivity index (χ2v) is 7.12. The van der Waals surface area contributed by atoms with Crippen LogP contribution in [0.3, 0.4) is 0 Å². The summed E-state index contributed by atoms with van der Waals surface area (Å²) < 4.78 is 5.19. The van der Waals surface area contributed by atoms with E-state index in [9.17, 15) is 14.4 Å². The molecular weight excluding hydrogens is 358 g/mol. The lowest BCUT2D eigenvalue weighted by Gasteiger charge is -2.27. The Hall–Kier alpha value is -3.06. The second-order valence-electron chi connectivity index (χ2n) is 7.12. The van der Waals surface area contributed by atoms with Crippen molar-refractivity contribution in [2.75, 3.05) is 34.3 Å². The van der Waals surface area contributed by atoms with E-state index < -0.39 is 23.7 Å². The third kappa shape index (κ3) is 3.80. The van der Waals surface area contributed by atoms with Crippen molar-refractivity contribution in [1.29, 1.82) is 0 Å². The summed E-state index contributed by atoms with van der Waals surface area (Å²) in [6, 6.07) is 9.51. The van der Waals surface area contributed by atoms with Crippen molar-refractivity contribution in [3.05, 3.63) is 59.9 Å². The molecule has 1 aromatic heterocycles. The summed E-state index contributed by atoms with van der Waals surface area (Å²) in [6.45, 7) is 1.06. The number of likely N-dealkylation sites (tertiary alicyclic amines) is 1. The second kappa shape index (κ2) is 8.31. The number of nitrogens with one attached hydrogen (secondary N) is 1. The van der Waals surface area contributed by atoms with E-state index in [0.717, 1.165) is 10.5 Å². The zero-order chi connectivity index (χ0) is 20.3. The van der Waals surface area contributed by atoms with Crippen LogP contribution in [0.25, 0.3) is 0 Å². The van der Waals surface area contributed by atoms with E-state index in [0.29, 0.717) is 24.4 Å². The number of carbonyl (C=O) groups is 3. The van der Waals surface area contributed by atoms with Gasteiger partial charge in [-0.2, -0.15) is 0 Å². The van der Waals surface area contributed by atoms with Crippen LogP contribution in [0, 0.1) is 5.92 Å². The van der Waals surface area contributed by atoms with Gasteiger partial charge < -0.3 is 14.5 Å². The number of aromatic nitrogens is 1. The molecular formula is C21H24N3O4+. The van der Waals surface area contributed by atoms with E-state index in [1.165, 1.54) is 12.0 Å². The van der Waals surface area contributed by atoms with Gasteiger partial charge in [0.1, 0.15) is 11.7 Å². The van der Waals surface area contributed by atoms with Gasteiger partial charge in [-0.3, -0.25) is 19.4 Å². The molecule has 1 saturated heterocycles. The minimum atomic E-state index is -1.08. The summed E-state index contributed by atoms with van der Waals surface area (Å²) in [6.07, 6.45) is 3.20. The number of hydrogen-bond donors (Lipinski definition) is 1. The number of Topliss-reactive ketones (excluding diaryl/α,β-unsaturated/α-hetero) is 2. The van der Waals surface area contributed by atoms with E-state index in [1.54, 1.807) is 48.8 Å². The summed E-state index contributed by atoms with van der Waals surface area (Å²) in [5.41, 5.74) is 1.08. The number of rotatable bonds is 7. The monoisotopic (exact) mass is 382 g/mol. The van der Waals surface area contributed by atoms with Crippen molar-refractivity contribution < 1.29 is 24.0 Å². The van der Waals surface area contributed by atoms with Gasteiger partial charge in [-0.25, -0.2) is 0 Å². The number of hydrogen-bond acceptors (Lipinski definition) is 5. The molecule has 7 heteroatoms. The number of quaternary nitrogens is 1. The molecule has 2 aromatic rings. The zero-order valence-corrected chi connectivity index (χ0v) is 16.2. The van der Waals surface area contributed by atoms with Crippen molar-refractivity contribution in [2.24, 2.45) is 5.92 Å². The number of methoxy groups -OCH3 is 1. The van der Waals surface area contributed by atoms with E-state index >= 15 is 0 Å². The number of ketones is 2. The van der Waals surface area contributed by atoms with Gasteiger partial charge in [-0.05, 0) is 29.8 Å². The molecule has 2 unspecified atom stereocenters. The molecule has 1 aliphatic heterocycles. The van der Waals surface area contributed by atoms with Gasteiger partial charge in [-0.15, -0.1) is 0 Å². The normalized spacial score (nSPS) is 19.4. The van der Waals surface area contributed by atoms with Gasteiger partial charge in [0.25, 0.3) is 5.91 Å². The number of carbonyl (C=O) groups excluding carboxylic acids is 3. The summed E-state index contributed by atoms with van der Waals surface area (Å²) in [5.74, 6) is -2.21. The Kier molecular flexibility index (Phi) is 5.84. The Morgan fingerprint density at radius 3 is 2.54 bits per heavy atom. The largest absolute Gasteiger partial charge is 0.497 e. The molecule has 3 rings (SSSR count). The van der Waals surface area contributed by atoms with Crippen molar-refractivity contribution in [3.8, 4) is 5.75 Å². The molecule has 146 valence electrons.